The molecule has 3 nitrogen and oxygen atoms in total. The van der Waals surface area contributed by atoms with Crippen LogP contribution in [0.15, 0.2) is 46.9 Å². The van der Waals surface area contributed by atoms with Crippen molar-refractivity contribution in [3.05, 3.63) is 47.7 Å². The fourth-order valence-electron chi connectivity index (χ4n) is 1.61. The molecular formula is C12H11N3S2. The van der Waals surface area contributed by atoms with Gasteiger partial charge in [0, 0.05) is 34.1 Å². The van der Waals surface area contributed by atoms with Gasteiger partial charge in [-0.05, 0) is 18.2 Å². The molecule has 2 heterocycles. The third kappa shape index (κ3) is 2.30. The molecule has 0 aliphatic carbocycles. The number of nitrogens with two attached hydrogens (primary N) is 1. The van der Waals surface area contributed by atoms with Crippen molar-refractivity contribution in [1.82, 2.24) is 9.38 Å². The summed E-state index contributed by atoms with van der Waals surface area (Å²) in [7, 11) is 0. The van der Waals surface area contributed by atoms with Gasteiger partial charge in [0.05, 0.1) is 5.69 Å². The summed E-state index contributed by atoms with van der Waals surface area (Å²) in [4.78, 5) is 6.77. The molecule has 0 bridgehead atoms. The highest BCUT2D eigenvalue weighted by Gasteiger charge is 2.03. The highest BCUT2D eigenvalue weighted by molar-refractivity contribution is 7.98. The van der Waals surface area contributed by atoms with Gasteiger partial charge in [-0.1, -0.05) is 6.07 Å². The lowest BCUT2D eigenvalue weighted by Gasteiger charge is -2.00. The number of hydrogen-bond acceptors (Lipinski definition) is 4. The summed E-state index contributed by atoms with van der Waals surface area (Å²) in [6.45, 7) is 0. The van der Waals surface area contributed by atoms with Crippen LogP contribution in [0.2, 0.25) is 0 Å². The Hall–Kier alpha value is -1.46. The third-order valence-corrected chi connectivity index (χ3v) is 4.19. The van der Waals surface area contributed by atoms with E-state index < -0.39 is 0 Å². The van der Waals surface area contributed by atoms with Crippen molar-refractivity contribution in [3.63, 3.8) is 0 Å². The maximum atomic E-state index is 5.74. The summed E-state index contributed by atoms with van der Waals surface area (Å²) in [5, 5.41) is 2.04. The summed E-state index contributed by atoms with van der Waals surface area (Å²) in [6, 6.07) is 7.93. The Bertz CT molecular complexity index is 613. The fraction of sp³-hybridized carbons (Fsp3) is 0.0833. The van der Waals surface area contributed by atoms with E-state index in [1.807, 2.05) is 29.8 Å². The molecule has 2 N–H and O–H groups in total. The van der Waals surface area contributed by atoms with E-state index in [1.165, 1.54) is 4.90 Å². The summed E-state index contributed by atoms with van der Waals surface area (Å²) in [5.41, 5.74) is 7.65. The van der Waals surface area contributed by atoms with E-state index in [2.05, 4.69) is 21.6 Å². The van der Waals surface area contributed by atoms with Crippen molar-refractivity contribution >= 4 is 33.7 Å². The molecule has 3 rings (SSSR count). The molecule has 0 fully saturated rings. The smallest absolute Gasteiger partial charge is 0.193 e. The largest absolute Gasteiger partial charge is 0.399 e. The Balaban J connectivity index is 1.74. The van der Waals surface area contributed by atoms with E-state index in [4.69, 9.17) is 5.73 Å². The minimum Gasteiger partial charge on any atom is -0.399 e. The van der Waals surface area contributed by atoms with Crippen molar-refractivity contribution in [1.29, 1.82) is 0 Å². The summed E-state index contributed by atoms with van der Waals surface area (Å²) < 4.78 is 2.06. The van der Waals surface area contributed by atoms with Crippen LogP contribution < -0.4 is 5.73 Å². The number of thiazole rings is 1. The highest BCUT2D eigenvalue weighted by atomic mass is 32.2. The Morgan fingerprint density at radius 2 is 2.35 bits per heavy atom. The highest BCUT2D eigenvalue weighted by Crippen LogP contribution is 2.24. The SMILES string of the molecule is Nc1cccc(SCc2cn3ccsc3n2)c1. The lowest BCUT2D eigenvalue weighted by atomic mass is 10.3. The van der Waals surface area contributed by atoms with Crippen molar-refractivity contribution in [2.24, 2.45) is 0 Å². The second-order valence-corrected chi connectivity index (χ2v) is 5.61. The van der Waals surface area contributed by atoms with Crippen LogP contribution in [0.5, 0.6) is 0 Å². The zero-order valence-corrected chi connectivity index (χ0v) is 10.7. The van der Waals surface area contributed by atoms with Crippen LogP contribution in [0.3, 0.4) is 0 Å². The molecule has 0 spiro atoms. The van der Waals surface area contributed by atoms with Gasteiger partial charge in [-0.2, -0.15) is 0 Å². The van der Waals surface area contributed by atoms with Gasteiger partial charge in [-0.15, -0.1) is 23.1 Å². The van der Waals surface area contributed by atoms with Crippen LogP contribution in [0, 0.1) is 0 Å². The van der Waals surface area contributed by atoms with Gasteiger partial charge in [0.1, 0.15) is 0 Å². The number of hydrogen-bond donors (Lipinski definition) is 1. The van der Waals surface area contributed by atoms with Crippen LogP contribution >= 0.6 is 23.1 Å². The van der Waals surface area contributed by atoms with Crippen molar-refractivity contribution < 1.29 is 0 Å². The van der Waals surface area contributed by atoms with Crippen molar-refractivity contribution in [2.75, 3.05) is 5.73 Å². The molecule has 0 radical (unpaired) electrons. The Morgan fingerprint density at radius 1 is 1.41 bits per heavy atom. The fourth-order valence-corrected chi connectivity index (χ4v) is 3.17. The summed E-state index contributed by atoms with van der Waals surface area (Å²) >= 11 is 3.41. The van der Waals surface area contributed by atoms with Gasteiger partial charge in [0.25, 0.3) is 0 Å². The molecule has 5 heteroatoms. The number of nitrogens with zero attached hydrogens (tertiary/aromatic N) is 2. The number of anilines is 1. The molecule has 86 valence electrons. The van der Waals surface area contributed by atoms with Gasteiger partial charge in [-0.25, -0.2) is 4.98 Å². The maximum Gasteiger partial charge on any atom is 0.193 e. The third-order valence-electron chi connectivity index (χ3n) is 2.39. The lowest BCUT2D eigenvalue weighted by molar-refractivity contribution is 1.21. The molecule has 2 aromatic heterocycles. The molecule has 3 aromatic rings. The van der Waals surface area contributed by atoms with Crippen LogP contribution in [-0.2, 0) is 5.75 Å². The Labute approximate surface area is 107 Å². The zero-order valence-electron chi connectivity index (χ0n) is 9.04. The summed E-state index contributed by atoms with van der Waals surface area (Å²) in [5.74, 6) is 0.873. The first-order valence-electron chi connectivity index (χ1n) is 5.21. The van der Waals surface area contributed by atoms with E-state index in [0.717, 1.165) is 22.1 Å². The van der Waals surface area contributed by atoms with E-state index >= 15 is 0 Å². The number of imidazole rings is 1. The molecule has 0 saturated heterocycles. The van der Waals surface area contributed by atoms with Crippen molar-refractivity contribution in [3.8, 4) is 0 Å². The van der Waals surface area contributed by atoms with Gasteiger partial charge in [0.2, 0.25) is 0 Å². The predicted octanol–water partition coefficient (Wildman–Crippen LogP) is 3.27. The van der Waals surface area contributed by atoms with Gasteiger partial charge >= 0.3 is 0 Å². The second-order valence-electron chi connectivity index (χ2n) is 3.69. The topological polar surface area (TPSA) is 43.3 Å². The average molecular weight is 261 g/mol. The number of thioether (sulfide) groups is 1. The van der Waals surface area contributed by atoms with Gasteiger partial charge in [0.15, 0.2) is 4.96 Å². The number of nitrogen functional groups attached to an aromatic ring is 1. The first-order chi connectivity index (χ1) is 8.31. The monoisotopic (exact) mass is 261 g/mol. The number of fused-ring (bicyclic) bond motifs is 1. The van der Waals surface area contributed by atoms with E-state index in [1.54, 1.807) is 23.1 Å². The van der Waals surface area contributed by atoms with Gasteiger partial charge in [-0.3, -0.25) is 4.40 Å². The number of benzene rings is 1. The summed E-state index contributed by atoms with van der Waals surface area (Å²) in [6.07, 6.45) is 4.10. The first-order valence-corrected chi connectivity index (χ1v) is 7.07. The van der Waals surface area contributed by atoms with E-state index in [0.29, 0.717) is 0 Å². The molecular weight excluding hydrogens is 250 g/mol. The lowest BCUT2D eigenvalue weighted by Crippen LogP contribution is -1.84. The maximum absolute atomic E-state index is 5.74. The van der Waals surface area contributed by atoms with E-state index in [9.17, 15) is 0 Å². The molecule has 17 heavy (non-hydrogen) atoms. The van der Waals surface area contributed by atoms with Crippen LogP contribution in [0.1, 0.15) is 5.69 Å². The Kier molecular flexibility index (Phi) is 2.78. The molecule has 0 amide bonds. The predicted molar refractivity (Wildman–Crippen MR) is 73.5 cm³/mol. The van der Waals surface area contributed by atoms with E-state index in [-0.39, 0.29) is 0 Å². The molecule has 0 aliphatic heterocycles. The molecule has 0 unspecified atom stereocenters. The second kappa shape index (κ2) is 4.43. The van der Waals surface area contributed by atoms with Crippen LogP contribution in [0.4, 0.5) is 5.69 Å². The van der Waals surface area contributed by atoms with Crippen molar-refractivity contribution in [2.45, 2.75) is 10.6 Å². The molecule has 0 atom stereocenters. The average Bonchev–Trinajstić information content (AvgIpc) is 2.86. The quantitative estimate of drug-likeness (QED) is 0.581. The minimum absolute atomic E-state index is 0.806. The number of aromatic nitrogens is 2. The van der Waals surface area contributed by atoms with Crippen LogP contribution in [-0.4, -0.2) is 9.38 Å². The molecule has 0 aliphatic rings. The van der Waals surface area contributed by atoms with Crippen LogP contribution in [0.25, 0.3) is 4.96 Å². The minimum atomic E-state index is 0.806. The molecule has 0 saturated carbocycles. The zero-order chi connectivity index (χ0) is 11.7. The Morgan fingerprint density at radius 3 is 3.18 bits per heavy atom. The standard InChI is InChI=1S/C12H11N3S2/c13-9-2-1-3-11(6-9)17-8-10-7-15-4-5-16-12(15)14-10/h1-7H,8,13H2. The van der Waals surface area contributed by atoms with Gasteiger partial charge < -0.3 is 5.73 Å². The number of rotatable bonds is 3. The first kappa shape index (κ1) is 10.7. The molecule has 1 aromatic carbocycles. The normalized spacial score (nSPS) is 11.1.